The number of carbonyl (C=O) groups excluding carboxylic acids is 1. The predicted octanol–water partition coefficient (Wildman–Crippen LogP) is 3.52. The zero-order valence-electron chi connectivity index (χ0n) is 16.9. The van der Waals surface area contributed by atoms with E-state index < -0.39 is 11.7 Å². The van der Waals surface area contributed by atoms with Crippen LogP contribution in [0.5, 0.6) is 0 Å². The van der Waals surface area contributed by atoms with E-state index in [0.717, 1.165) is 25.1 Å². The van der Waals surface area contributed by atoms with Gasteiger partial charge in [-0.1, -0.05) is 12.1 Å². The van der Waals surface area contributed by atoms with E-state index in [1.165, 1.54) is 6.07 Å². The van der Waals surface area contributed by atoms with Gasteiger partial charge in [0, 0.05) is 31.0 Å². The summed E-state index contributed by atoms with van der Waals surface area (Å²) in [5.41, 5.74) is 3.50. The summed E-state index contributed by atoms with van der Waals surface area (Å²) in [6.45, 7) is 3.13. The Hall–Kier alpha value is -3.14. The highest BCUT2D eigenvalue weighted by atomic mass is 19.4. The third kappa shape index (κ3) is 4.48. The number of amides is 1. The highest BCUT2D eigenvalue weighted by Gasteiger charge is 2.34. The van der Waals surface area contributed by atoms with Crippen molar-refractivity contribution in [3.05, 3.63) is 53.7 Å². The molecule has 0 bridgehead atoms. The van der Waals surface area contributed by atoms with Gasteiger partial charge in [0.1, 0.15) is 5.82 Å². The van der Waals surface area contributed by atoms with Crippen LogP contribution in [0.1, 0.15) is 35.7 Å². The second kappa shape index (κ2) is 8.54. The Kier molecular flexibility index (Phi) is 5.81. The number of aromatic nitrogens is 1. The number of pyridine rings is 1. The number of para-hydroxylation sites is 1. The van der Waals surface area contributed by atoms with Crippen molar-refractivity contribution in [2.45, 2.75) is 38.0 Å². The van der Waals surface area contributed by atoms with E-state index in [2.05, 4.69) is 20.8 Å². The number of alkyl halides is 3. The molecule has 1 saturated heterocycles. The molecule has 2 aliphatic heterocycles. The van der Waals surface area contributed by atoms with E-state index in [1.54, 1.807) is 22.3 Å². The number of nitrogens with one attached hydrogen (secondary N) is 2. The van der Waals surface area contributed by atoms with Gasteiger partial charge in [-0.2, -0.15) is 23.4 Å². The number of piperidine rings is 1. The molecule has 0 saturated carbocycles. The highest BCUT2D eigenvalue weighted by Crippen LogP contribution is 2.30. The zero-order valence-corrected chi connectivity index (χ0v) is 16.9. The molecular formula is C21H23F3N6O. The SMILES string of the molecule is C[C@H]1[C@H](Nc2ccc(C(F)(F)F)cn2)CCCN1C(=O)c1ccccc1N1N=CCN1. The van der Waals surface area contributed by atoms with Crippen LogP contribution in [0.15, 0.2) is 47.7 Å². The standard InChI is InChI=1S/C21H23F3N6O/c1-14-17(28-19-9-8-15(13-25-19)21(22,23)24)6-4-12-29(14)20(31)16-5-2-3-7-18(16)30-26-10-11-27-30/h2-3,5,7-10,13-14,17,27H,4,6,11-12H2,1H3,(H,25,28)/t14-,17+/m0/s1. The van der Waals surface area contributed by atoms with E-state index in [0.29, 0.717) is 30.2 Å². The fourth-order valence-electron chi connectivity index (χ4n) is 3.89. The van der Waals surface area contributed by atoms with Crippen molar-refractivity contribution in [1.29, 1.82) is 0 Å². The van der Waals surface area contributed by atoms with Gasteiger partial charge in [0.05, 0.1) is 23.4 Å². The highest BCUT2D eigenvalue weighted by molar-refractivity contribution is 6.00. The minimum atomic E-state index is -4.42. The zero-order chi connectivity index (χ0) is 22.0. The van der Waals surface area contributed by atoms with E-state index in [1.807, 2.05) is 25.1 Å². The first-order valence-electron chi connectivity index (χ1n) is 10.1. The average molecular weight is 432 g/mol. The fraction of sp³-hybridized carbons (Fsp3) is 0.381. The molecule has 0 unspecified atom stereocenters. The Balaban J connectivity index is 1.49. The van der Waals surface area contributed by atoms with Gasteiger partial charge in [0.15, 0.2) is 0 Å². The molecule has 1 aromatic carbocycles. The van der Waals surface area contributed by atoms with E-state index in [9.17, 15) is 18.0 Å². The smallest absolute Gasteiger partial charge is 0.365 e. The number of hydrazine groups is 1. The number of hydrogen-bond acceptors (Lipinski definition) is 6. The first-order valence-corrected chi connectivity index (χ1v) is 10.1. The molecule has 2 aromatic rings. The van der Waals surface area contributed by atoms with Crippen LogP contribution in [0, 0.1) is 0 Å². The molecular weight excluding hydrogens is 409 g/mol. The number of benzene rings is 1. The van der Waals surface area contributed by atoms with Gasteiger partial charge in [0.2, 0.25) is 0 Å². The van der Waals surface area contributed by atoms with Gasteiger partial charge in [0.25, 0.3) is 5.91 Å². The maximum Gasteiger partial charge on any atom is 0.417 e. The summed E-state index contributed by atoms with van der Waals surface area (Å²) in [6.07, 6.45) is -0.321. The van der Waals surface area contributed by atoms with Gasteiger partial charge in [-0.25, -0.2) is 10.4 Å². The first-order chi connectivity index (χ1) is 14.8. The molecule has 2 aliphatic rings. The van der Waals surface area contributed by atoms with Crippen molar-refractivity contribution in [3.8, 4) is 0 Å². The van der Waals surface area contributed by atoms with Gasteiger partial charge in [-0.05, 0) is 44.0 Å². The third-order valence-electron chi connectivity index (χ3n) is 5.57. The van der Waals surface area contributed by atoms with Gasteiger partial charge >= 0.3 is 6.18 Å². The molecule has 3 heterocycles. The monoisotopic (exact) mass is 432 g/mol. The van der Waals surface area contributed by atoms with Crippen LogP contribution in [-0.4, -0.2) is 47.2 Å². The van der Waals surface area contributed by atoms with Crippen molar-refractivity contribution in [3.63, 3.8) is 0 Å². The second-order valence-corrected chi connectivity index (χ2v) is 7.55. The number of hydrazone groups is 1. The summed E-state index contributed by atoms with van der Waals surface area (Å²) >= 11 is 0. The number of rotatable bonds is 4. The number of nitrogens with zero attached hydrogens (tertiary/aromatic N) is 4. The summed E-state index contributed by atoms with van der Waals surface area (Å²) in [5, 5.41) is 9.02. The van der Waals surface area contributed by atoms with Gasteiger partial charge in [-0.15, -0.1) is 0 Å². The molecule has 0 spiro atoms. The van der Waals surface area contributed by atoms with E-state index in [4.69, 9.17) is 0 Å². The van der Waals surface area contributed by atoms with Crippen LogP contribution in [0.2, 0.25) is 0 Å². The molecule has 1 aromatic heterocycles. The van der Waals surface area contributed by atoms with Crippen LogP contribution in [0.4, 0.5) is 24.7 Å². The topological polar surface area (TPSA) is 72.9 Å². The Morgan fingerprint density at radius 1 is 1.23 bits per heavy atom. The predicted molar refractivity (Wildman–Crippen MR) is 112 cm³/mol. The number of likely N-dealkylation sites (tertiary alicyclic amines) is 1. The largest absolute Gasteiger partial charge is 0.417 e. The van der Waals surface area contributed by atoms with Crippen molar-refractivity contribution in [2.24, 2.45) is 5.10 Å². The van der Waals surface area contributed by atoms with E-state index in [-0.39, 0.29) is 18.0 Å². The average Bonchev–Trinajstić information content (AvgIpc) is 3.29. The summed E-state index contributed by atoms with van der Waals surface area (Å²) in [4.78, 5) is 19.1. The lowest BCUT2D eigenvalue weighted by molar-refractivity contribution is -0.137. The number of halogens is 3. The molecule has 0 radical (unpaired) electrons. The normalized spacial score (nSPS) is 21.4. The molecule has 7 nitrogen and oxygen atoms in total. The van der Waals surface area contributed by atoms with Crippen LogP contribution >= 0.6 is 0 Å². The first kappa shape index (κ1) is 21.1. The Labute approximate surface area is 177 Å². The van der Waals surface area contributed by atoms with E-state index >= 15 is 0 Å². The number of hydrogen-bond donors (Lipinski definition) is 2. The summed E-state index contributed by atoms with van der Waals surface area (Å²) < 4.78 is 38.3. The third-order valence-corrected chi connectivity index (χ3v) is 5.57. The van der Waals surface area contributed by atoms with Crippen molar-refractivity contribution in [1.82, 2.24) is 15.3 Å². The van der Waals surface area contributed by atoms with Crippen LogP contribution in [0.3, 0.4) is 0 Å². The molecule has 2 atom stereocenters. The molecule has 2 N–H and O–H groups in total. The molecule has 10 heteroatoms. The maximum atomic E-state index is 13.4. The molecule has 0 aliphatic carbocycles. The minimum absolute atomic E-state index is 0.112. The van der Waals surface area contributed by atoms with Crippen molar-refractivity contribution < 1.29 is 18.0 Å². The van der Waals surface area contributed by atoms with Crippen molar-refractivity contribution >= 4 is 23.6 Å². The second-order valence-electron chi connectivity index (χ2n) is 7.55. The minimum Gasteiger partial charge on any atom is -0.365 e. The van der Waals surface area contributed by atoms with Crippen LogP contribution < -0.4 is 15.9 Å². The quantitative estimate of drug-likeness (QED) is 0.774. The Bertz CT molecular complexity index is 962. The lowest BCUT2D eigenvalue weighted by Crippen LogP contribution is -2.52. The molecule has 31 heavy (non-hydrogen) atoms. The summed E-state index contributed by atoms with van der Waals surface area (Å²) in [7, 11) is 0. The Morgan fingerprint density at radius 2 is 2.03 bits per heavy atom. The van der Waals surface area contributed by atoms with Crippen LogP contribution in [-0.2, 0) is 6.18 Å². The molecule has 164 valence electrons. The van der Waals surface area contributed by atoms with Crippen molar-refractivity contribution in [2.75, 3.05) is 23.5 Å². The lowest BCUT2D eigenvalue weighted by Gasteiger charge is -2.40. The Morgan fingerprint density at radius 3 is 2.71 bits per heavy atom. The molecule has 1 fully saturated rings. The van der Waals surface area contributed by atoms with Gasteiger partial charge < -0.3 is 10.2 Å². The summed E-state index contributed by atoms with van der Waals surface area (Å²) in [6, 6.07) is 9.29. The number of carbonyl (C=O) groups is 1. The maximum absolute atomic E-state index is 13.4. The molecule has 4 rings (SSSR count). The van der Waals surface area contributed by atoms with Gasteiger partial charge in [-0.3, -0.25) is 4.79 Å². The molecule has 1 amide bonds. The lowest BCUT2D eigenvalue weighted by atomic mass is 9.96. The fourth-order valence-corrected chi connectivity index (χ4v) is 3.89. The number of anilines is 2. The van der Waals surface area contributed by atoms with Crippen LogP contribution in [0.25, 0.3) is 0 Å². The summed E-state index contributed by atoms with van der Waals surface area (Å²) in [5.74, 6) is 0.244.